The van der Waals surface area contributed by atoms with Gasteiger partial charge in [0.05, 0.1) is 5.69 Å². The number of carbonyl (C=O) groups excluding carboxylic acids is 1. The first kappa shape index (κ1) is 13.8. The number of hydrogen-bond donors (Lipinski definition) is 2. The quantitative estimate of drug-likeness (QED) is 0.821. The van der Waals surface area contributed by atoms with Gasteiger partial charge in [-0.15, -0.1) is 0 Å². The number of aromatic nitrogens is 2. The number of rotatable bonds is 4. The molecule has 1 aromatic heterocycles. The van der Waals surface area contributed by atoms with Gasteiger partial charge in [0.1, 0.15) is 6.61 Å². The lowest BCUT2D eigenvalue weighted by molar-refractivity contribution is -0.116. The molecule has 1 heterocycles. The third kappa shape index (κ3) is 3.97. The minimum atomic E-state index is -0.207. The number of para-hydroxylation sites is 1. The molecule has 5 heteroatoms. The minimum absolute atomic E-state index is 0.0984. The Morgan fingerprint density at radius 2 is 2.20 bits per heavy atom. The molecular weight excluding hydrogens is 254 g/mol. The summed E-state index contributed by atoms with van der Waals surface area (Å²) in [6, 6.07) is 9.06. The van der Waals surface area contributed by atoms with E-state index in [2.05, 4.69) is 22.3 Å². The van der Waals surface area contributed by atoms with Gasteiger partial charge in [0, 0.05) is 30.9 Å². The van der Waals surface area contributed by atoms with Crippen LogP contribution in [0.5, 0.6) is 0 Å². The summed E-state index contributed by atoms with van der Waals surface area (Å²) >= 11 is 0. The number of benzene rings is 1. The normalized spacial score (nSPS) is 9.65. The first-order valence-electron chi connectivity index (χ1n) is 6.25. The number of nitrogens with one attached hydrogen (secondary N) is 1. The van der Waals surface area contributed by atoms with E-state index in [1.54, 1.807) is 23.0 Å². The highest BCUT2D eigenvalue weighted by atomic mass is 16.2. The second kappa shape index (κ2) is 7.12. The van der Waals surface area contributed by atoms with Crippen molar-refractivity contribution in [2.45, 2.75) is 13.0 Å². The molecule has 2 rings (SSSR count). The van der Waals surface area contributed by atoms with Crippen molar-refractivity contribution in [3.8, 4) is 11.8 Å². The van der Waals surface area contributed by atoms with Crippen molar-refractivity contribution >= 4 is 11.6 Å². The van der Waals surface area contributed by atoms with E-state index >= 15 is 0 Å². The van der Waals surface area contributed by atoms with Crippen LogP contribution in [-0.4, -0.2) is 27.4 Å². The number of aryl methyl sites for hydroxylation is 1. The predicted octanol–water partition coefficient (Wildman–Crippen LogP) is 1.26. The molecule has 1 aromatic carbocycles. The highest BCUT2D eigenvalue weighted by molar-refractivity contribution is 5.92. The largest absolute Gasteiger partial charge is 0.384 e. The number of nitrogens with zero attached hydrogens (tertiary/aromatic N) is 2. The standard InChI is InChI=1S/C15H15N3O2/c19-12-3-6-13-5-1-2-7-14(13)17-15(20)8-11-18-10-4-9-16-18/h1-2,4-5,7,9-10,19H,8,11-12H2,(H,17,20). The zero-order valence-electron chi connectivity index (χ0n) is 10.9. The van der Waals surface area contributed by atoms with Gasteiger partial charge in [0.15, 0.2) is 0 Å². The predicted molar refractivity (Wildman–Crippen MR) is 75.9 cm³/mol. The Bertz CT molecular complexity index is 624. The number of anilines is 1. The monoisotopic (exact) mass is 269 g/mol. The van der Waals surface area contributed by atoms with E-state index in [-0.39, 0.29) is 12.5 Å². The van der Waals surface area contributed by atoms with E-state index in [1.807, 2.05) is 24.4 Å². The van der Waals surface area contributed by atoms with Gasteiger partial charge < -0.3 is 10.4 Å². The zero-order valence-corrected chi connectivity index (χ0v) is 10.9. The van der Waals surface area contributed by atoms with E-state index in [9.17, 15) is 4.79 Å². The van der Waals surface area contributed by atoms with Crippen LogP contribution in [-0.2, 0) is 11.3 Å². The van der Waals surface area contributed by atoms with Crippen molar-refractivity contribution in [2.24, 2.45) is 0 Å². The Kier molecular flexibility index (Phi) is 4.93. The lowest BCUT2D eigenvalue weighted by Crippen LogP contribution is -2.15. The van der Waals surface area contributed by atoms with Crippen LogP contribution >= 0.6 is 0 Å². The molecule has 0 saturated carbocycles. The lowest BCUT2D eigenvalue weighted by Gasteiger charge is -2.07. The molecule has 0 saturated heterocycles. The fraction of sp³-hybridized carbons (Fsp3) is 0.200. The first-order valence-corrected chi connectivity index (χ1v) is 6.25. The van der Waals surface area contributed by atoms with Gasteiger partial charge in [0.25, 0.3) is 0 Å². The first-order chi connectivity index (χ1) is 9.79. The van der Waals surface area contributed by atoms with Crippen LogP contribution < -0.4 is 5.32 Å². The smallest absolute Gasteiger partial charge is 0.226 e. The molecule has 0 aliphatic heterocycles. The van der Waals surface area contributed by atoms with Gasteiger partial charge in [-0.05, 0) is 18.2 Å². The second-order valence-corrected chi connectivity index (χ2v) is 4.07. The van der Waals surface area contributed by atoms with Gasteiger partial charge in [-0.2, -0.15) is 5.10 Å². The fourth-order valence-corrected chi connectivity index (χ4v) is 1.70. The summed E-state index contributed by atoms with van der Waals surface area (Å²) in [5.74, 6) is 5.28. The SMILES string of the molecule is O=C(CCn1cccn1)Nc1ccccc1C#CCO. The molecular formula is C15H15N3O2. The summed E-state index contributed by atoms with van der Waals surface area (Å²) in [6.45, 7) is 0.324. The lowest BCUT2D eigenvalue weighted by atomic mass is 10.2. The van der Waals surface area contributed by atoms with Crippen LogP contribution in [0.15, 0.2) is 42.7 Å². The van der Waals surface area contributed by atoms with E-state index in [0.29, 0.717) is 24.2 Å². The Labute approximate surface area is 117 Å². The Balaban J connectivity index is 1.97. The summed E-state index contributed by atoms with van der Waals surface area (Å²) in [5, 5.41) is 15.6. The summed E-state index contributed by atoms with van der Waals surface area (Å²) in [7, 11) is 0. The van der Waals surface area contributed by atoms with Crippen molar-refractivity contribution in [3.05, 3.63) is 48.3 Å². The average Bonchev–Trinajstić information content (AvgIpc) is 2.97. The van der Waals surface area contributed by atoms with Crippen molar-refractivity contribution in [1.82, 2.24) is 9.78 Å². The van der Waals surface area contributed by atoms with Gasteiger partial charge in [-0.1, -0.05) is 24.0 Å². The highest BCUT2D eigenvalue weighted by Crippen LogP contribution is 2.13. The Hall–Kier alpha value is -2.58. The van der Waals surface area contributed by atoms with E-state index in [4.69, 9.17) is 5.11 Å². The summed E-state index contributed by atoms with van der Waals surface area (Å²) in [4.78, 5) is 11.9. The molecule has 0 radical (unpaired) electrons. The van der Waals surface area contributed by atoms with E-state index in [0.717, 1.165) is 0 Å². The Morgan fingerprint density at radius 3 is 2.95 bits per heavy atom. The van der Waals surface area contributed by atoms with Crippen molar-refractivity contribution in [1.29, 1.82) is 0 Å². The number of aliphatic hydroxyl groups excluding tert-OH is 1. The van der Waals surface area contributed by atoms with E-state index < -0.39 is 0 Å². The van der Waals surface area contributed by atoms with Crippen molar-refractivity contribution in [2.75, 3.05) is 11.9 Å². The summed E-state index contributed by atoms with van der Waals surface area (Å²) in [5.41, 5.74) is 1.34. The van der Waals surface area contributed by atoms with Crippen molar-refractivity contribution < 1.29 is 9.90 Å². The third-order valence-corrected chi connectivity index (χ3v) is 2.63. The summed E-state index contributed by atoms with van der Waals surface area (Å²) in [6.07, 6.45) is 3.83. The molecule has 0 bridgehead atoms. The van der Waals surface area contributed by atoms with Crippen LogP contribution in [0.2, 0.25) is 0 Å². The van der Waals surface area contributed by atoms with E-state index in [1.165, 1.54) is 0 Å². The molecule has 5 nitrogen and oxygen atoms in total. The van der Waals surface area contributed by atoms with Gasteiger partial charge in [-0.3, -0.25) is 9.48 Å². The third-order valence-electron chi connectivity index (χ3n) is 2.63. The zero-order chi connectivity index (χ0) is 14.2. The highest BCUT2D eigenvalue weighted by Gasteiger charge is 2.05. The number of aliphatic hydroxyl groups is 1. The number of carbonyl (C=O) groups is 1. The molecule has 0 aliphatic carbocycles. The Morgan fingerprint density at radius 1 is 1.35 bits per heavy atom. The molecule has 0 unspecified atom stereocenters. The fourth-order valence-electron chi connectivity index (χ4n) is 1.70. The number of amides is 1. The van der Waals surface area contributed by atoms with Gasteiger partial charge in [-0.25, -0.2) is 0 Å². The van der Waals surface area contributed by atoms with Gasteiger partial charge in [0.2, 0.25) is 5.91 Å². The summed E-state index contributed by atoms with van der Waals surface area (Å²) < 4.78 is 1.71. The molecule has 2 N–H and O–H groups in total. The maximum atomic E-state index is 11.9. The van der Waals surface area contributed by atoms with Crippen LogP contribution in [0.4, 0.5) is 5.69 Å². The van der Waals surface area contributed by atoms with Gasteiger partial charge >= 0.3 is 0 Å². The average molecular weight is 269 g/mol. The molecule has 0 spiro atoms. The maximum absolute atomic E-state index is 11.9. The second-order valence-electron chi connectivity index (χ2n) is 4.07. The van der Waals surface area contributed by atoms with Crippen molar-refractivity contribution in [3.63, 3.8) is 0 Å². The minimum Gasteiger partial charge on any atom is -0.384 e. The van der Waals surface area contributed by atoms with Crippen LogP contribution in [0.1, 0.15) is 12.0 Å². The van der Waals surface area contributed by atoms with Crippen LogP contribution in [0.3, 0.4) is 0 Å². The van der Waals surface area contributed by atoms with Crippen LogP contribution in [0, 0.1) is 11.8 Å². The molecule has 0 fully saturated rings. The topological polar surface area (TPSA) is 67.2 Å². The molecule has 0 aliphatic rings. The molecule has 102 valence electrons. The van der Waals surface area contributed by atoms with Crippen LogP contribution in [0.25, 0.3) is 0 Å². The molecule has 2 aromatic rings. The molecule has 0 atom stereocenters. The molecule has 20 heavy (non-hydrogen) atoms. The maximum Gasteiger partial charge on any atom is 0.226 e. The number of hydrogen-bond acceptors (Lipinski definition) is 3. The molecule has 1 amide bonds.